The molecule has 2 aromatic rings. The van der Waals surface area contributed by atoms with Crippen molar-refractivity contribution in [3.8, 4) is 5.75 Å². The van der Waals surface area contributed by atoms with Gasteiger partial charge in [0.1, 0.15) is 18.2 Å². The van der Waals surface area contributed by atoms with Crippen molar-refractivity contribution in [2.24, 2.45) is 0 Å². The summed E-state index contributed by atoms with van der Waals surface area (Å²) >= 11 is 3.15. The quantitative estimate of drug-likeness (QED) is 0.889. The molecule has 1 unspecified atom stereocenters. The van der Waals surface area contributed by atoms with Crippen molar-refractivity contribution in [2.75, 3.05) is 0 Å². The van der Waals surface area contributed by atoms with Crippen molar-refractivity contribution in [2.45, 2.75) is 26.1 Å². The third-order valence-corrected chi connectivity index (χ3v) is 3.45. The molecule has 0 aliphatic rings. The Balaban J connectivity index is 1.95. The number of aliphatic hydroxyl groups excluding tert-OH is 1. The van der Waals surface area contributed by atoms with Gasteiger partial charge in [-0.2, -0.15) is 0 Å². The van der Waals surface area contributed by atoms with E-state index in [-0.39, 0.29) is 11.9 Å². The molecule has 2 nitrogen and oxygen atoms in total. The first-order valence-electron chi connectivity index (χ1n) is 6.38. The first-order valence-corrected chi connectivity index (χ1v) is 7.17. The lowest BCUT2D eigenvalue weighted by Gasteiger charge is -2.09. The van der Waals surface area contributed by atoms with Crippen LogP contribution in [0.2, 0.25) is 0 Å². The lowest BCUT2D eigenvalue weighted by Crippen LogP contribution is -2.04. The fourth-order valence-electron chi connectivity index (χ4n) is 1.86. The van der Waals surface area contributed by atoms with E-state index in [0.717, 1.165) is 16.9 Å². The van der Waals surface area contributed by atoms with Gasteiger partial charge < -0.3 is 9.84 Å². The number of hydrogen-bond acceptors (Lipinski definition) is 2. The molecule has 0 fully saturated rings. The van der Waals surface area contributed by atoms with E-state index in [1.54, 1.807) is 19.1 Å². The van der Waals surface area contributed by atoms with Crippen molar-refractivity contribution >= 4 is 15.9 Å². The summed E-state index contributed by atoms with van der Waals surface area (Å²) in [7, 11) is 0. The average Bonchev–Trinajstić information content (AvgIpc) is 2.41. The lowest BCUT2D eigenvalue weighted by atomic mass is 10.1. The Morgan fingerprint density at radius 1 is 1.15 bits per heavy atom. The zero-order valence-electron chi connectivity index (χ0n) is 11.1. The molecule has 2 aromatic carbocycles. The number of benzene rings is 2. The molecular formula is C16H16BrFO2. The summed E-state index contributed by atoms with van der Waals surface area (Å²) in [4.78, 5) is 0. The maximum atomic E-state index is 13.1. The van der Waals surface area contributed by atoms with Gasteiger partial charge in [0, 0.05) is 0 Å². The van der Waals surface area contributed by atoms with Crippen LogP contribution in [-0.4, -0.2) is 11.2 Å². The highest BCUT2D eigenvalue weighted by Crippen LogP contribution is 2.19. The minimum Gasteiger partial charge on any atom is -0.489 e. The number of halogens is 2. The molecule has 0 heterocycles. The van der Waals surface area contributed by atoms with Gasteiger partial charge in [-0.25, -0.2) is 4.39 Å². The van der Waals surface area contributed by atoms with Crippen LogP contribution in [0, 0.1) is 5.82 Å². The van der Waals surface area contributed by atoms with Crippen molar-refractivity contribution in [1.82, 2.24) is 0 Å². The Hall–Kier alpha value is -1.39. The van der Waals surface area contributed by atoms with Crippen LogP contribution in [0.15, 0.2) is 46.9 Å². The van der Waals surface area contributed by atoms with Crippen LogP contribution in [0.25, 0.3) is 0 Å². The summed E-state index contributed by atoms with van der Waals surface area (Å²) in [6.45, 7) is 2.14. The SMILES string of the molecule is CC(O)Cc1ccc(OCc2ccc(F)c(Br)c2)cc1. The molecule has 2 rings (SSSR count). The van der Waals surface area contributed by atoms with Crippen LogP contribution in [0.4, 0.5) is 4.39 Å². The topological polar surface area (TPSA) is 29.5 Å². The molecule has 0 saturated carbocycles. The summed E-state index contributed by atoms with van der Waals surface area (Å²) in [5.41, 5.74) is 1.96. The minimum atomic E-state index is -0.349. The molecule has 0 saturated heterocycles. The Bertz CT molecular complexity index is 567. The van der Waals surface area contributed by atoms with Gasteiger partial charge in [0.25, 0.3) is 0 Å². The van der Waals surface area contributed by atoms with Crippen LogP contribution in [0.3, 0.4) is 0 Å². The predicted octanol–water partition coefficient (Wildman–Crippen LogP) is 4.09. The van der Waals surface area contributed by atoms with Crippen LogP contribution in [-0.2, 0) is 13.0 Å². The van der Waals surface area contributed by atoms with E-state index < -0.39 is 0 Å². The molecule has 106 valence electrons. The number of rotatable bonds is 5. The Labute approximate surface area is 126 Å². The molecule has 20 heavy (non-hydrogen) atoms. The number of aliphatic hydroxyl groups is 1. The smallest absolute Gasteiger partial charge is 0.137 e. The van der Waals surface area contributed by atoms with Gasteiger partial charge in [-0.3, -0.25) is 0 Å². The van der Waals surface area contributed by atoms with Crippen LogP contribution in [0.5, 0.6) is 5.75 Å². The summed E-state index contributed by atoms with van der Waals surface area (Å²) in [5.74, 6) is 0.469. The number of hydrogen-bond donors (Lipinski definition) is 1. The van der Waals surface area contributed by atoms with Crippen LogP contribution in [0.1, 0.15) is 18.1 Å². The van der Waals surface area contributed by atoms with Gasteiger partial charge in [-0.05, 0) is 64.7 Å². The van der Waals surface area contributed by atoms with Gasteiger partial charge in [-0.15, -0.1) is 0 Å². The first kappa shape index (κ1) is 15.0. The number of ether oxygens (including phenoxy) is 1. The molecule has 1 atom stereocenters. The monoisotopic (exact) mass is 338 g/mol. The highest BCUT2D eigenvalue weighted by molar-refractivity contribution is 9.10. The Morgan fingerprint density at radius 3 is 2.40 bits per heavy atom. The largest absolute Gasteiger partial charge is 0.489 e. The summed E-state index contributed by atoms with van der Waals surface area (Å²) in [6, 6.07) is 12.4. The van der Waals surface area contributed by atoms with Crippen molar-refractivity contribution < 1.29 is 14.2 Å². The molecule has 0 radical (unpaired) electrons. The zero-order chi connectivity index (χ0) is 14.5. The average molecular weight is 339 g/mol. The third kappa shape index (κ3) is 4.32. The van der Waals surface area contributed by atoms with E-state index >= 15 is 0 Å². The molecule has 1 N–H and O–H groups in total. The summed E-state index contributed by atoms with van der Waals surface area (Å²) < 4.78 is 19.2. The van der Waals surface area contributed by atoms with Gasteiger partial charge in [-0.1, -0.05) is 18.2 Å². The second-order valence-corrected chi connectivity index (χ2v) is 5.59. The maximum absolute atomic E-state index is 13.1. The molecule has 4 heteroatoms. The second kappa shape index (κ2) is 6.86. The van der Waals surface area contributed by atoms with E-state index in [9.17, 15) is 9.50 Å². The van der Waals surface area contributed by atoms with E-state index in [1.165, 1.54) is 6.07 Å². The summed E-state index contributed by atoms with van der Waals surface area (Å²) in [5, 5.41) is 9.31. The molecule has 0 spiro atoms. The fourth-order valence-corrected chi connectivity index (χ4v) is 2.29. The van der Waals surface area contributed by atoms with Crippen molar-refractivity contribution in [3.05, 3.63) is 63.9 Å². The van der Waals surface area contributed by atoms with Gasteiger partial charge >= 0.3 is 0 Å². The Kier molecular flexibility index (Phi) is 5.15. The predicted molar refractivity (Wildman–Crippen MR) is 80.3 cm³/mol. The third-order valence-electron chi connectivity index (χ3n) is 2.84. The first-order chi connectivity index (χ1) is 9.54. The molecule has 0 aliphatic heterocycles. The fraction of sp³-hybridized carbons (Fsp3) is 0.250. The highest BCUT2D eigenvalue weighted by atomic mass is 79.9. The van der Waals surface area contributed by atoms with E-state index in [2.05, 4.69) is 15.9 Å². The normalized spacial score (nSPS) is 12.2. The van der Waals surface area contributed by atoms with E-state index in [1.807, 2.05) is 24.3 Å². The molecule has 0 aliphatic carbocycles. The van der Waals surface area contributed by atoms with Crippen molar-refractivity contribution in [1.29, 1.82) is 0 Å². The molecule has 0 bridgehead atoms. The molecular weight excluding hydrogens is 323 g/mol. The minimum absolute atomic E-state index is 0.281. The summed E-state index contributed by atoms with van der Waals surface area (Å²) in [6.07, 6.45) is 0.281. The van der Waals surface area contributed by atoms with E-state index in [0.29, 0.717) is 17.5 Å². The lowest BCUT2D eigenvalue weighted by molar-refractivity contribution is 0.195. The highest BCUT2D eigenvalue weighted by Gasteiger charge is 2.03. The standard InChI is InChI=1S/C16H16BrFO2/c1-11(19)8-12-2-5-14(6-3-12)20-10-13-4-7-16(18)15(17)9-13/h2-7,9,11,19H,8,10H2,1H3. The second-order valence-electron chi connectivity index (χ2n) is 4.73. The molecule has 0 amide bonds. The van der Waals surface area contributed by atoms with Crippen LogP contribution < -0.4 is 4.74 Å². The van der Waals surface area contributed by atoms with Crippen LogP contribution >= 0.6 is 15.9 Å². The van der Waals surface area contributed by atoms with E-state index in [4.69, 9.17) is 4.74 Å². The zero-order valence-corrected chi connectivity index (χ0v) is 12.7. The maximum Gasteiger partial charge on any atom is 0.137 e. The Morgan fingerprint density at radius 2 is 1.80 bits per heavy atom. The van der Waals surface area contributed by atoms with Gasteiger partial charge in [0.05, 0.1) is 10.6 Å². The van der Waals surface area contributed by atoms with Crippen molar-refractivity contribution in [3.63, 3.8) is 0 Å². The van der Waals surface area contributed by atoms with Gasteiger partial charge in [0.2, 0.25) is 0 Å². The molecule has 0 aromatic heterocycles. The van der Waals surface area contributed by atoms with Gasteiger partial charge in [0.15, 0.2) is 0 Å².